The highest BCUT2D eigenvalue weighted by Gasteiger charge is 2.13. The van der Waals surface area contributed by atoms with Crippen LogP contribution in [0.15, 0.2) is 17.8 Å². The monoisotopic (exact) mass is 284 g/mol. The Morgan fingerprint density at radius 2 is 2.28 bits per heavy atom. The van der Waals surface area contributed by atoms with E-state index in [1.54, 1.807) is 15.4 Å². The molecule has 0 aromatic carbocycles. The molecule has 0 radical (unpaired) electrons. The van der Waals surface area contributed by atoms with Gasteiger partial charge in [0.05, 0.1) is 12.2 Å². The van der Waals surface area contributed by atoms with Crippen molar-refractivity contribution in [3.05, 3.63) is 29.1 Å². The van der Waals surface area contributed by atoms with Crippen molar-refractivity contribution in [3.63, 3.8) is 0 Å². The summed E-state index contributed by atoms with van der Waals surface area (Å²) in [6.07, 6.45) is 1.75. The Bertz CT molecular complexity index is 561. The van der Waals surface area contributed by atoms with Gasteiger partial charge in [-0.25, -0.2) is 4.68 Å². The van der Waals surface area contributed by atoms with Crippen LogP contribution in [0.2, 0.25) is 5.15 Å². The van der Waals surface area contributed by atoms with Crippen molar-refractivity contribution < 1.29 is 0 Å². The molecule has 0 unspecified atom stereocenters. The minimum absolute atomic E-state index is 0.592. The fraction of sp³-hybridized carbons (Fsp3) is 0.400. The van der Waals surface area contributed by atoms with E-state index < -0.39 is 0 Å². The van der Waals surface area contributed by atoms with Crippen LogP contribution in [0.4, 0.5) is 0 Å². The number of nitrogens with zero attached hydrogens (tertiary/aromatic N) is 6. The van der Waals surface area contributed by atoms with Gasteiger partial charge in [-0.3, -0.25) is 4.68 Å². The molecule has 0 saturated heterocycles. The number of allylic oxidation sites excluding steroid dienone is 1. The van der Waals surface area contributed by atoms with Crippen molar-refractivity contribution in [2.24, 2.45) is 7.05 Å². The van der Waals surface area contributed by atoms with Gasteiger partial charge in [-0.05, 0) is 17.4 Å². The molecule has 2 heterocycles. The first-order valence-electron chi connectivity index (χ1n) is 5.31. The lowest BCUT2D eigenvalue weighted by Crippen LogP contribution is -2.00. The van der Waals surface area contributed by atoms with Crippen LogP contribution in [-0.4, -0.2) is 30.0 Å². The van der Waals surface area contributed by atoms with E-state index in [2.05, 4.69) is 27.2 Å². The van der Waals surface area contributed by atoms with Gasteiger partial charge < -0.3 is 0 Å². The second kappa shape index (κ2) is 5.53. The summed E-state index contributed by atoms with van der Waals surface area (Å²) in [5.74, 6) is 0.690. The molecule has 0 fully saturated rings. The summed E-state index contributed by atoms with van der Waals surface area (Å²) in [4.78, 5) is 0. The molecule has 8 heteroatoms. The molecule has 0 saturated carbocycles. The maximum absolute atomic E-state index is 6.17. The van der Waals surface area contributed by atoms with Crippen molar-refractivity contribution in [2.45, 2.75) is 24.4 Å². The summed E-state index contributed by atoms with van der Waals surface area (Å²) in [5, 5.41) is 17.2. The number of rotatable bonds is 5. The number of tetrazole rings is 1. The van der Waals surface area contributed by atoms with Crippen LogP contribution in [0, 0.1) is 6.92 Å². The van der Waals surface area contributed by atoms with Gasteiger partial charge in [0, 0.05) is 18.4 Å². The Hall–Kier alpha value is -1.34. The van der Waals surface area contributed by atoms with Gasteiger partial charge in [0.1, 0.15) is 5.15 Å². The van der Waals surface area contributed by atoms with Crippen molar-refractivity contribution in [3.8, 4) is 0 Å². The molecule has 6 nitrogen and oxygen atoms in total. The maximum Gasteiger partial charge on any atom is 0.209 e. The molecule has 2 rings (SSSR count). The number of hydrogen-bond donors (Lipinski definition) is 0. The fourth-order valence-electron chi connectivity index (χ4n) is 1.51. The molecule has 96 valence electrons. The Balaban J connectivity index is 2.11. The number of aryl methyl sites for hydroxylation is 2. The molecule has 0 atom stereocenters. The second-order valence-corrected chi connectivity index (χ2v) is 5.00. The minimum Gasteiger partial charge on any atom is -0.257 e. The van der Waals surface area contributed by atoms with Gasteiger partial charge in [0.15, 0.2) is 0 Å². The third kappa shape index (κ3) is 2.56. The predicted octanol–water partition coefficient (Wildman–Crippen LogP) is 1.85. The second-order valence-electron chi connectivity index (χ2n) is 3.70. The highest BCUT2D eigenvalue weighted by Crippen LogP contribution is 2.26. The number of halogens is 1. The molecular weight excluding hydrogens is 272 g/mol. The first kappa shape index (κ1) is 13.1. The average molecular weight is 285 g/mol. The smallest absolute Gasteiger partial charge is 0.209 e. The van der Waals surface area contributed by atoms with E-state index >= 15 is 0 Å². The summed E-state index contributed by atoms with van der Waals surface area (Å²) >= 11 is 7.70. The van der Waals surface area contributed by atoms with Crippen LogP contribution in [0.3, 0.4) is 0 Å². The van der Waals surface area contributed by atoms with Gasteiger partial charge in [-0.1, -0.05) is 29.4 Å². The molecule has 0 aliphatic carbocycles. The largest absolute Gasteiger partial charge is 0.257 e. The molecule has 2 aromatic heterocycles. The highest BCUT2D eigenvalue weighted by atomic mass is 35.5. The van der Waals surface area contributed by atoms with E-state index in [0.717, 1.165) is 16.4 Å². The van der Waals surface area contributed by atoms with Gasteiger partial charge in [-0.2, -0.15) is 5.10 Å². The lowest BCUT2D eigenvalue weighted by molar-refractivity contribution is 0.614. The first-order chi connectivity index (χ1) is 8.63. The van der Waals surface area contributed by atoms with Crippen LogP contribution in [0.25, 0.3) is 0 Å². The molecule has 0 bridgehead atoms. The minimum atomic E-state index is 0.592. The molecule has 18 heavy (non-hydrogen) atoms. The van der Waals surface area contributed by atoms with E-state index in [1.807, 2.05) is 14.0 Å². The average Bonchev–Trinajstić information content (AvgIpc) is 2.85. The van der Waals surface area contributed by atoms with E-state index in [9.17, 15) is 0 Å². The van der Waals surface area contributed by atoms with E-state index in [-0.39, 0.29) is 0 Å². The molecule has 2 aromatic rings. The standard InChI is InChI=1S/C10H13ClN6S/c1-4-5-17-10(12-14-15-17)18-6-8-7(2)13-16(3)9(8)11/h4H,1,5-6H2,2-3H3. The molecule has 0 spiro atoms. The molecular formula is C10H13ClN6S. The van der Waals surface area contributed by atoms with Crippen LogP contribution in [0.5, 0.6) is 0 Å². The van der Waals surface area contributed by atoms with E-state index in [0.29, 0.717) is 17.5 Å². The Labute approximate surface area is 114 Å². The van der Waals surface area contributed by atoms with Gasteiger partial charge in [0.2, 0.25) is 5.16 Å². The number of hydrogen-bond acceptors (Lipinski definition) is 5. The van der Waals surface area contributed by atoms with Crippen molar-refractivity contribution >= 4 is 23.4 Å². The molecule has 0 aliphatic heterocycles. The number of aromatic nitrogens is 6. The topological polar surface area (TPSA) is 61.4 Å². The Kier molecular flexibility index (Phi) is 4.03. The zero-order valence-corrected chi connectivity index (χ0v) is 11.7. The predicted molar refractivity (Wildman–Crippen MR) is 70.5 cm³/mol. The Morgan fingerprint density at radius 1 is 1.50 bits per heavy atom. The van der Waals surface area contributed by atoms with Crippen LogP contribution in [0.1, 0.15) is 11.3 Å². The lowest BCUT2D eigenvalue weighted by atomic mass is 10.3. The van der Waals surface area contributed by atoms with Crippen LogP contribution < -0.4 is 0 Å². The first-order valence-corrected chi connectivity index (χ1v) is 6.67. The van der Waals surface area contributed by atoms with E-state index in [4.69, 9.17) is 11.6 Å². The maximum atomic E-state index is 6.17. The third-order valence-corrected chi connectivity index (χ3v) is 3.87. The summed E-state index contributed by atoms with van der Waals surface area (Å²) in [6, 6.07) is 0. The zero-order chi connectivity index (χ0) is 13.1. The van der Waals surface area contributed by atoms with Crippen LogP contribution >= 0.6 is 23.4 Å². The summed E-state index contributed by atoms with van der Waals surface area (Å²) in [5.41, 5.74) is 1.94. The summed E-state index contributed by atoms with van der Waals surface area (Å²) < 4.78 is 3.36. The van der Waals surface area contributed by atoms with Crippen molar-refractivity contribution in [1.82, 2.24) is 30.0 Å². The molecule has 0 N–H and O–H groups in total. The quantitative estimate of drug-likeness (QED) is 0.619. The van der Waals surface area contributed by atoms with Gasteiger partial charge in [0.25, 0.3) is 0 Å². The number of thioether (sulfide) groups is 1. The fourth-order valence-corrected chi connectivity index (χ4v) is 2.81. The van der Waals surface area contributed by atoms with Gasteiger partial charge >= 0.3 is 0 Å². The molecule has 0 amide bonds. The van der Waals surface area contributed by atoms with Crippen molar-refractivity contribution in [1.29, 1.82) is 0 Å². The van der Waals surface area contributed by atoms with Crippen molar-refractivity contribution in [2.75, 3.05) is 0 Å². The third-order valence-electron chi connectivity index (χ3n) is 2.42. The van der Waals surface area contributed by atoms with Crippen LogP contribution in [-0.2, 0) is 19.3 Å². The summed E-state index contributed by atoms with van der Waals surface area (Å²) in [7, 11) is 1.82. The lowest BCUT2D eigenvalue weighted by Gasteiger charge is -2.01. The summed E-state index contributed by atoms with van der Waals surface area (Å²) in [6.45, 7) is 6.20. The molecule has 0 aliphatic rings. The SMILES string of the molecule is C=CCn1nnnc1SCc1c(C)nn(C)c1Cl. The highest BCUT2D eigenvalue weighted by molar-refractivity contribution is 7.98. The van der Waals surface area contributed by atoms with E-state index in [1.165, 1.54) is 11.8 Å². The van der Waals surface area contributed by atoms with Gasteiger partial charge in [-0.15, -0.1) is 11.7 Å². The Morgan fingerprint density at radius 3 is 2.89 bits per heavy atom. The zero-order valence-electron chi connectivity index (χ0n) is 10.2. The normalized spacial score (nSPS) is 10.8.